The van der Waals surface area contributed by atoms with Gasteiger partial charge in [-0.2, -0.15) is 10.4 Å². The number of hydrogen-bond acceptors (Lipinski definition) is 4. The molecule has 0 aliphatic heterocycles. The molecule has 0 amide bonds. The van der Waals surface area contributed by atoms with E-state index in [9.17, 15) is 5.11 Å². The average Bonchev–Trinajstić information content (AvgIpc) is 2.71. The first-order chi connectivity index (χ1) is 7.15. The second kappa shape index (κ2) is 3.55. The first-order valence-electron chi connectivity index (χ1n) is 5.08. The maximum atomic E-state index is 9.74. The molecule has 0 bridgehead atoms. The van der Waals surface area contributed by atoms with Gasteiger partial charge in [-0.15, -0.1) is 0 Å². The Labute approximate surface area is 88.1 Å². The molecule has 2 atom stereocenters. The summed E-state index contributed by atoms with van der Waals surface area (Å²) in [6.07, 6.45) is 2.24. The van der Waals surface area contributed by atoms with E-state index in [0.717, 1.165) is 19.3 Å². The number of nitrogen functional groups attached to an aromatic ring is 1. The van der Waals surface area contributed by atoms with Crippen LogP contribution in [0.1, 0.15) is 36.6 Å². The summed E-state index contributed by atoms with van der Waals surface area (Å²) in [5.41, 5.74) is 6.88. The average molecular weight is 206 g/mol. The standard InChI is InChI=1S/C10H14N4O/c1-6-7(5-11)10(12)14(13-6)8-3-2-4-9(8)15/h8-9,15H,2-4,12H2,1H3. The second-order valence-corrected chi connectivity index (χ2v) is 3.97. The maximum Gasteiger partial charge on any atom is 0.140 e. The third-order valence-corrected chi connectivity index (χ3v) is 2.99. The van der Waals surface area contributed by atoms with E-state index in [1.54, 1.807) is 11.6 Å². The van der Waals surface area contributed by atoms with Crippen LogP contribution in [0.3, 0.4) is 0 Å². The number of hydrogen-bond donors (Lipinski definition) is 2. The third kappa shape index (κ3) is 1.47. The van der Waals surface area contributed by atoms with Crippen LogP contribution in [0.25, 0.3) is 0 Å². The smallest absolute Gasteiger partial charge is 0.140 e. The Bertz CT molecular complexity index is 418. The van der Waals surface area contributed by atoms with E-state index in [2.05, 4.69) is 5.10 Å². The Balaban J connectivity index is 2.41. The van der Waals surface area contributed by atoms with Crippen LogP contribution in [0.4, 0.5) is 5.82 Å². The van der Waals surface area contributed by atoms with Crippen LogP contribution in [0.15, 0.2) is 0 Å². The summed E-state index contributed by atoms with van der Waals surface area (Å²) in [4.78, 5) is 0. The quantitative estimate of drug-likeness (QED) is 0.709. The summed E-state index contributed by atoms with van der Waals surface area (Å²) in [6, 6.07) is 1.97. The van der Waals surface area contributed by atoms with E-state index >= 15 is 0 Å². The van der Waals surface area contributed by atoms with Crippen molar-refractivity contribution in [1.82, 2.24) is 9.78 Å². The Morgan fingerprint density at radius 3 is 2.80 bits per heavy atom. The lowest BCUT2D eigenvalue weighted by Crippen LogP contribution is -2.21. The SMILES string of the molecule is Cc1nn(C2CCCC2O)c(N)c1C#N. The normalized spacial score (nSPS) is 25.4. The minimum atomic E-state index is -0.391. The van der Waals surface area contributed by atoms with Crippen molar-refractivity contribution in [1.29, 1.82) is 5.26 Å². The van der Waals surface area contributed by atoms with Gasteiger partial charge in [-0.25, -0.2) is 4.68 Å². The Morgan fingerprint density at radius 1 is 1.60 bits per heavy atom. The fourth-order valence-electron chi connectivity index (χ4n) is 2.16. The van der Waals surface area contributed by atoms with E-state index < -0.39 is 6.10 Å². The number of aliphatic hydroxyl groups is 1. The lowest BCUT2D eigenvalue weighted by molar-refractivity contribution is 0.131. The zero-order chi connectivity index (χ0) is 11.0. The van der Waals surface area contributed by atoms with Gasteiger partial charge in [0.15, 0.2) is 0 Å². The number of aryl methyl sites for hydroxylation is 1. The molecule has 5 heteroatoms. The molecule has 2 rings (SSSR count). The molecule has 3 N–H and O–H groups in total. The first-order valence-corrected chi connectivity index (χ1v) is 5.08. The van der Waals surface area contributed by atoms with Gasteiger partial charge in [0.1, 0.15) is 17.5 Å². The summed E-state index contributed by atoms with van der Waals surface area (Å²) in [7, 11) is 0. The van der Waals surface area contributed by atoms with Gasteiger partial charge in [0.2, 0.25) is 0 Å². The van der Waals surface area contributed by atoms with Crippen molar-refractivity contribution in [2.45, 2.75) is 38.3 Å². The summed E-state index contributed by atoms with van der Waals surface area (Å²) >= 11 is 0. The predicted molar refractivity (Wildman–Crippen MR) is 55.0 cm³/mol. The second-order valence-electron chi connectivity index (χ2n) is 3.97. The molecule has 0 spiro atoms. The van der Waals surface area contributed by atoms with Crippen molar-refractivity contribution >= 4 is 5.82 Å². The molecule has 2 unspecified atom stereocenters. The van der Waals surface area contributed by atoms with Gasteiger partial charge in [0, 0.05) is 0 Å². The number of aromatic nitrogens is 2. The summed E-state index contributed by atoms with van der Waals surface area (Å²) < 4.78 is 1.60. The lowest BCUT2D eigenvalue weighted by Gasteiger charge is -2.16. The highest BCUT2D eigenvalue weighted by atomic mass is 16.3. The summed E-state index contributed by atoms with van der Waals surface area (Å²) in [5, 5.41) is 22.8. The van der Waals surface area contributed by atoms with Crippen LogP contribution in [0.5, 0.6) is 0 Å². The zero-order valence-electron chi connectivity index (χ0n) is 8.64. The van der Waals surface area contributed by atoms with Crippen molar-refractivity contribution < 1.29 is 5.11 Å². The van der Waals surface area contributed by atoms with Crippen LogP contribution >= 0.6 is 0 Å². The van der Waals surface area contributed by atoms with Crippen LogP contribution in [0, 0.1) is 18.3 Å². The lowest BCUT2D eigenvalue weighted by atomic mass is 10.2. The molecule has 15 heavy (non-hydrogen) atoms. The van der Waals surface area contributed by atoms with E-state index in [1.807, 2.05) is 6.07 Å². The number of nitriles is 1. The molecule has 80 valence electrons. The van der Waals surface area contributed by atoms with Gasteiger partial charge in [-0.05, 0) is 26.2 Å². The topological polar surface area (TPSA) is 87.9 Å². The van der Waals surface area contributed by atoms with Crippen LogP contribution in [-0.2, 0) is 0 Å². The molecule has 1 aliphatic carbocycles. The summed E-state index contributed by atoms with van der Waals surface area (Å²) in [6.45, 7) is 1.76. The molecule has 0 radical (unpaired) electrons. The van der Waals surface area contributed by atoms with Gasteiger partial charge in [0.25, 0.3) is 0 Å². The minimum Gasteiger partial charge on any atom is -0.391 e. The molecule has 1 fully saturated rings. The van der Waals surface area contributed by atoms with Gasteiger partial charge in [-0.1, -0.05) is 0 Å². The van der Waals surface area contributed by atoms with Crippen LogP contribution in [0.2, 0.25) is 0 Å². The fraction of sp³-hybridized carbons (Fsp3) is 0.600. The van der Waals surface area contributed by atoms with Gasteiger partial charge >= 0.3 is 0 Å². The molecule has 0 saturated heterocycles. The van der Waals surface area contributed by atoms with Crippen molar-refractivity contribution in [3.63, 3.8) is 0 Å². The molecule has 0 aromatic carbocycles. The monoisotopic (exact) mass is 206 g/mol. The van der Waals surface area contributed by atoms with Crippen molar-refractivity contribution in [3.05, 3.63) is 11.3 Å². The molecular formula is C10H14N4O. The Kier molecular flexibility index (Phi) is 2.37. The number of rotatable bonds is 1. The van der Waals surface area contributed by atoms with Crippen molar-refractivity contribution in [2.24, 2.45) is 0 Å². The number of aliphatic hydroxyl groups excluding tert-OH is 1. The molecular weight excluding hydrogens is 192 g/mol. The highest BCUT2D eigenvalue weighted by molar-refractivity contribution is 5.51. The van der Waals surface area contributed by atoms with Gasteiger partial charge in [-0.3, -0.25) is 0 Å². The highest BCUT2D eigenvalue weighted by Gasteiger charge is 2.30. The van der Waals surface area contributed by atoms with E-state index in [-0.39, 0.29) is 6.04 Å². The third-order valence-electron chi connectivity index (χ3n) is 2.99. The predicted octanol–water partition coefficient (Wildman–Crippen LogP) is 0.731. The van der Waals surface area contributed by atoms with Crippen molar-refractivity contribution in [3.8, 4) is 6.07 Å². The Hall–Kier alpha value is -1.54. The largest absolute Gasteiger partial charge is 0.391 e. The Morgan fingerprint density at radius 2 is 2.33 bits per heavy atom. The molecule has 5 nitrogen and oxygen atoms in total. The molecule has 1 heterocycles. The first kappa shape index (κ1) is 9.99. The van der Waals surface area contributed by atoms with E-state index in [0.29, 0.717) is 17.1 Å². The molecule has 1 saturated carbocycles. The van der Waals surface area contributed by atoms with E-state index in [1.165, 1.54) is 0 Å². The number of nitrogens with two attached hydrogens (primary N) is 1. The number of anilines is 1. The molecule has 1 aromatic rings. The van der Waals surface area contributed by atoms with Crippen LogP contribution in [-0.4, -0.2) is 21.0 Å². The van der Waals surface area contributed by atoms with E-state index in [4.69, 9.17) is 11.0 Å². The number of nitrogens with zero attached hydrogens (tertiary/aromatic N) is 3. The minimum absolute atomic E-state index is 0.0641. The molecule has 1 aromatic heterocycles. The van der Waals surface area contributed by atoms with Crippen molar-refractivity contribution in [2.75, 3.05) is 5.73 Å². The zero-order valence-corrected chi connectivity index (χ0v) is 8.64. The molecule has 1 aliphatic rings. The van der Waals surface area contributed by atoms with Gasteiger partial charge < -0.3 is 10.8 Å². The highest BCUT2D eigenvalue weighted by Crippen LogP contribution is 2.32. The van der Waals surface area contributed by atoms with Crippen LogP contribution < -0.4 is 5.73 Å². The summed E-state index contributed by atoms with van der Waals surface area (Å²) in [5.74, 6) is 0.376. The fourth-order valence-corrected chi connectivity index (χ4v) is 2.16. The van der Waals surface area contributed by atoms with Gasteiger partial charge in [0.05, 0.1) is 17.8 Å². The maximum absolute atomic E-state index is 9.74.